The second-order valence-electron chi connectivity index (χ2n) is 2.63. The molecular weight excluding hydrogens is 166 g/mol. The third-order valence-corrected chi connectivity index (χ3v) is 1.79. The number of hydrogen-bond donors (Lipinski definition) is 0. The third-order valence-electron chi connectivity index (χ3n) is 1.79. The van der Waals surface area contributed by atoms with Crippen LogP contribution in [0, 0.1) is 0 Å². The van der Waals surface area contributed by atoms with Crippen molar-refractivity contribution in [1.29, 1.82) is 0 Å². The van der Waals surface area contributed by atoms with E-state index in [1.807, 2.05) is 24.3 Å². The molecule has 0 saturated heterocycles. The average molecular weight is 175 g/mol. The summed E-state index contributed by atoms with van der Waals surface area (Å²) in [5.74, 6) is 0. The molecule has 1 aromatic heterocycles. The quantitative estimate of drug-likeness (QED) is 0.519. The lowest BCUT2D eigenvalue weighted by atomic mass is 10.2. The zero-order valence-corrected chi connectivity index (χ0v) is 7.23. The highest BCUT2D eigenvalue weighted by atomic mass is 16.6. The molecule has 0 atom stereocenters. The second kappa shape index (κ2) is 3.31. The predicted octanol–water partition coefficient (Wildman–Crippen LogP) is 2.41. The van der Waals surface area contributed by atoms with Gasteiger partial charge in [-0.05, 0) is 17.7 Å². The van der Waals surface area contributed by atoms with E-state index in [0.717, 1.165) is 16.5 Å². The number of oxime groups is 1. The maximum absolute atomic E-state index is 5.24. The van der Waals surface area contributed by atoms with Crippen molar-refractivity contribution in [2.45, 2.75) is 0 Å². The molecule has 0 fully saturated rings. The summed E-state index contributed by atoms with van der Waals surface area (Å²) < 4.78 is 5.24. The SMILES string of the molecule is CON=Cc1ccc2ccoc2c1. The van der Waals surface area contributed by atoms with Crippen LogP contribution in [0.2, 0.25) is 0 Å². The lowest BCUT2D eigenvalue weighted by molar-refractivity contribution is 0.215. The van der Waals surface area contributed by atoms with Crippen molar-refractivity contribution in [2.24, 2.45) is 5.16 Å². The minimum atomic E-state index is 0.861. The molecule has 0 aliphatic heterocycles. The number of nitrogens with zero attached hydrogens (tertiary/aromatic N) is 1. The van der Waals surface area contributed by atoms with Crippen molar-refractivity contribution >= 4 is 17.2 Å². The van der Waals surface area contributed by atoms with Crippen LogP contribution in [0.25, 0.3) is 11.0 Å². The molecule has 0 unspecified atom stereocenters. The summed E-state index contributed by atoms with van der Waals surface area (Å²) in [7, 11) is 1.52. The van der Waals surface area contributed by atoms with Gasteiger partial charge in [0.05, 0.1) is 12.5 Å². The van der Waals surface area contributed by atoms with Crippen LogP contribution in [0.3, 0.4) is 0 Å². The number of hydrogen-bond acceptors (Lipinski definition) is 3. The maximum atomic E-state index is 5.24. The van der Waals surface area contributed by atoms with Crippen molar-refractivity contribution in [3.8, 4) is 0 Å². The molecule has 0 aliphatic rings. The van der Waals surface area contributed by atoms with Crippen LogP contribution in [0.4, 0.5) is 0 Å². The van der Waals surface area contributed by atoms with Gasteiger partial charge in [-0.2, -0.15) is 0 Å². The molecule has 0 spiro atoms. The van der Waals surface area contributed by atoms with Crippen LogP contribution in [-0.2, 0) is 4.84 Å². The molecule has 1 heterocycles. The van der Waals surface area contributed by atoms with Crippen LogP contribution in [0.15, 0.2) is 40.1 Å². The van der Waals surface area contributed by atoms with Gasteiger partial charge in [0.25, 0.3) is 0 Å². The smallest absolute Gasteiger partial charge is 0.134 e. The largest absolute Gasteiger partial charge is 0.464 e. The van der Waals surface area contributed by atoms with E-state index in [2.05, 4.69) is 9.99 Å². The number of rotatable bonds is 2. The Morgan fingerprint density at radius 3 is 3.15 bits per heavy atom. The Balaban J connectivity index is 2.42. The van der Waals surface area contributed by atoms with E-state index in [0.29, 0.717) is 0 Å². The topological polar surface area (TPSA) is 34.7 Å². The Kier molecular flexibility index (Phi) is 2.00. The molecule has 0 bridgehead atoms. The zero-order valence-electron chi connectivity index (χ0n) is 7.23. The summed E-state index contributed by atoms with van der Waals surface area (Å²) in [6.45, 7) is 0. The van der Waals surface area contributed by atoms with Crippen LogP contribution in [0.1, 0.15) is 5.56 Å². The highest BCUT2D eigenvalue weighted by Crippen LogP contribution is 2.15. The number of fused-ring (bicyclic) bond motifs is 1. The molecule has 66 valence electrons. The first-order valence-corrected chi connectivity index (χ1v) is 3.94. The zero-order chi connectivity index (χ0) is 9.10. The monoisotopic (exact) mass is 175 g/mol. The lowest BCUT2D eigenvalue weighted by Crippen LogP contribution is -1.80. The summed E-state index contributed by atoms with van der Waals surface area (Å²) in [5.41, 5.74) is 1.82. The highest BCUT2D eigenvalue weighted by Gasteiger charge is 1.96. The van der Waals surface area contributed by atoms with E-state index < -0.39 is 0 Å². The van der Waals surface area contributed by atoms with E-state index >= 15 is 0 Å². The van der Waals surface area contributed by atoms with Gasteiger partial charge in [0.15, 0.2) is 0 Å². The van der Waals surface area contributed by atoms with Crippen molar-refractivity contribution in [3.05, 3.63) is 36.1 Å². The third kappa shape index (κ3) is 1.54. The van der Waals surface area contributed by atoms with Crippen LogP contribution >= 0.6 is 0 Å². The van der Waals surface area contributed by atoms with E-state index in [4.69, 9.17) is 4.42 Å². The molecule has 3 nitrogen and oxygen atoms in total. The van der Waals surface area contributed by atoms with Gasteiger partial charge in [-0.3, -0.25) is 0 Å². The number of benzene rings is 1. The molecular formula is C10H9NO2. The van der Waals surface area contributed by atoms with Gasteiger partial charge in [-0.1, -0.05) is 17.3 Å². The fraction of sp³-hybridized carbons (Fsp3) is 0.100. The van der Waals surface area contributed by atoms with Gasteiger partial charge in [0.2, 0.25) is 0 Å². The predicted molar refractivity (Wildman–Crippen MR) is 50.8 cm³/mol. The van der Waals surface area contributed by atoms with Gasteiger partial charge in [0, 0.05) is 5.39 Å². The van der Waals surface area contributed by atoms with Gasteiger partial charge >= 0.3 is 0 Å². The molecule has 2 rings (SSSR count). The standard InChI is InChI=1S/C10H9NO2/c1-12-11-7-8-2-3-9-4-5-13-10(9)6-8/h2-7H,1H3. The molecule has 2 aromatic rings. The summed E-state index contributed by atoms with van der Waals surface area (Å²) in [6.07, 6.45) is 3.31. The van der Waals surface area contributed by atoms with E-state index in [-0.39, 0.29) is 0 Å². The Morgan fingerprint density at radius 1 is 1.38 bits per heavy atom. The molecule has 0 amide bonds. The Bertz CT molecular complexity index is 431. The average Bonchev–Trinajstić information content (AvgIpc) is 2.61. The molecule has 0 saturated carbocycles. The minimum absolute atomic E-state index is 0.861. The fourth-order valence-electron chi connectivity index (χ4n) is 1.17. The van der Waals surface area contributed by atoms with Crippen LogP contribution in [-0.4, -0.2) is 13.3 Å². The van der Waals surface area contributed by atoms with Crippen LogP contribution in [0.5, 0.6) is 0 Å². The van der Waals surface area contributed by atoms with Crippen molar-refractivity contribution in [2.75, 3.05) is 7.11 Å². The molecule has 0 aliphatic carbocycles. The van der Waals surface area contributed by atoms with E-state index in [1.165, 1.54) is 7.11 Å². The Hall–Kier alpha value is -1.77. The molecule has 1 aromatic carbocycles. The first-order chi connectivity index (χ1) is 6.40. The van der Waals surface area contributed by atoms with Crippen molar-refractivity contribution in [3.63, 3.8) is 0 Å². The van der Waals surface area contributed by atoms with Gasteiger partial charge in [-0.25, -0.2) is 0 Å². The Morgan fingerprint density at radius 2 is 2.31 bits per heavy atom. The second-order valence-corrected chi connectivity index (χ2v) is 2.63. The van der Waals surface area contributed by atoms with Crippen LogP contribution < -0.4 is 0 Å². The molecule has 3 heteroatoms. The summed E-state index contributed by atoms with van der Waals surface area (Å²) >= 11 is 0. The van der Waals surface area contributed by atoms with Crippen molar-refractivity contribution < 1.29 is 9.25 Å². The maximum Gasteiger partial charge on any atom is 0.134 e. The number of furan rings is 1. The molecule has 13 heavy (non-hydrogen) atoms. The first-order valence-electron chi connectivity index (χ1n) is 3.94. The summed E-state index contributed by atoms with van der Waals surface area (Å²) in [5, 5.41) is 4.76. The molecule has 0 radical (unpaired) electrons. The minimum Gasteiger partial charge on any atom is -0.464 e. The fourth-order valence-corrected chi connectivity index (χ4v) is 1.17. The summed E-state index contributed by atoms with van der Waals surface area (Å²) in [4.78, 5) is 4.58. The first kappa shape index (κ1) is 7.86. The molecule has 0 N–H and O–H groups in total. The summed E-state index contributed by atoms with van der Waals surface area (Å²) in [6, 6.07) is 7.78. The van der Waals surface area contributed by atoms with E-state index in [1.54, 1.807) is 12.5 Å². The van der Waals surface area contributed by atoms with Gasteiger partial charge < -0.3 is 9.25 Å². The van der Waals surface area contributed by atoms with Gasteiger partial charge in [-0.15, -0.1) is 0 Å². The van der Waals surface area contributed by atoms with Crippen molar-refractivity contribution in [1.82, 2.24) is 0 Å². The lowest BCUT2D eigenvalue weighted by Gasteiger charge is -1.91. The highest BCUT2D eigenvalue weighted by molar-refractivity contribution is 5.87. The van der Waals surface area contributed by atoms with E-state index in [9.17, 15) is 0 Å². The Labute approximate surface area is 75.6 Å². The normalized spacial score (nSPS) is 11.2. The van der Waals surface area contributed by atoms with Gasteiger partial charge in [0.1, 0.15) is 12.7 Å².